The lowest BCUT2D eigenvalue weighted by Crippen LogP contribution is -2.37. The van der Waals surface area contributed by atoms with Crippen molar-refractivity contribution in [3.8, 4) is 0 Å². The first-order valence-corrected chi connectivity index (χ1v) is 10.4. The van der Waals surface area contributed by atoms with Crippen LogP contribution in [-0.4, -0.2) is 44.0 Å². The monoisotopic (exact) mass is 417 g/mol. The maximum absolute atomic E-state index is 13.0. The van der Waals surface area contributed by atoms with Gasteiger partial charge in [0.05, 0.1) is 11.6 Å². The van der Waals surface area contributed by atoms with Crippen LogP contribution in [0.15, 0.2) is 42.5 Å². The molecule has 4 nitrogen and oxygen atoms in total. The van der Waals surface area contributed by atoms with Gasteiger partial charge in [-0.15, -0.1) is 0 Å². The van der Waals surface area contributed by atoms with Crippen LogP contribution in [0.2, 0.25) is 0 Å². The van der Waals surface area contributed by atoms with Crippen molar-refractivity contribution in [3.63, 3.8) is 0 Å². The fraction of sp³-hybridized carbons (Fsp3) is 0.435. The summed E-state index contributed by atoms with van der Waals surface area (Å²) in [5.41, 5.74) is 2.92. The molecule has 2 aliphatic heterocycles. The van der Waals surface area contributed by atoms with Gasteiger partial charge >= 0.3 is 6.18 Å². The normalized spacial score (nSPS) is 17.8. The minimum atomic E-state index is -4.47. The smallest absolute Gasteiger partial charge is 0.374 e. The topological polar surface area (TPSA) is 35.6 Å². The molecule has 30 heavy (non-hydrogen) atoms. The number of alkyl halides is 3. The number of hydrogen-bond donors (Lipinski definition) is 1. The number of nitrogens with one attached hydrogen (secondary N) is 1. The molecule has 7 heteroatoms. The first-order chi connectivity index (χ1) is 14.3. The summed E-state index contributed by atoms with van der Waals surface area (Å²) in [7, 11) is 2.08. The van der Waals surface area contributed by atoms with Crippen molar-refractivity contribution in [2.75, 3.05) is 38.1 Å². The molecular formula is C23H26F3N3O. The first kappa shape index (κ1) is 20.7. The lowest BCUT2D eigenvalue weighted by Gasteiger charge is -2.29. The molecule has 0 radical (unpaired) electrons. The van der Waals surface area contributed by atoms with Gasteiger partial charge in [-0.1, -0.05) is 18.2 Å². The van der Waals surface area contributed by atoms with Gasteiger partial charge in [0, 0.05) is 31.4 Å². The van der Waals surface area contributed by atoms with Crippen LogP contribution < -0.4 is 10.2 Å². The van der Waals surface area contributed by atoms with E-state index in [2.05, 4.69) is 40.4 Å². The predicted molar refractivity (Wildman–Crippen MR) is 111 cm³/mol. The number of carbonyl (C=O) groups excluding carboxylic acids is 1. The van der Waals surface area contributed by atoms with E-state index in [-0.39, 0.29) is 11.6 Å². The Hall–Kier alpha value is -2.54. The first-order valence-electron chi connectivity index (χ1n) is 10.4. The second kappa shape index (κ2) is 8.30. The van der Waals surface area contributed by atoms with Crippen LogP contribution in [0, 0.1) is 0 Å². The van der Waals surface area contributed by atoms with Gasteiger partial charge in [-0.2, -0.15) is 13.2 Å². The summed E-state index contributed by atoms with van der Waals surface area (Å²) in [6.07, 6.45) is -1.23. The van der Waals surface area contributed by atoms with Gasteiger partial charge in [-0.3, -0.25) is 9.69 Å². The summed E-state index contributed by atoms with van der Waals surface area (Å²) in [5.74, 6) is -0.480. The van der Waals surface area contributed by atoms with E-state index in [1.54, 1.807) is 0 Å². The zero-order chi connectivity index (χ0) is 21.3. The molecule has 2 aromatic carbocycles. The highest BCUT2D eigenvalue weighted by molar-refractivity contribution is 5.94. The molecule has 1 saturated heterocycles. The SMILES string of the molecule is CN1CCc2cc([C@@H](CNC(=O)c3cccc(C(F)(F)F)c3)N3CCCC3)ccc21. The van der Waals surface area contributed by atoms with Gasteiger partial charge in [-0.25, -0.2) is 0 Å². The molecule has 2 aromatic rings. The second-order valence-corrected chi connectivity index (χ2v) is 8.11. The molecule has 1 amide bonds. The molecule has 160 valence electrons. The number of carbonyl (C=O) groups is 1. The fourth-order valence-corrected chi connectivity index (χ4v) is 4.43. The standard InChI is InChI=1S/C23H26F3N3O/c1-28-12-9-17-13-16(7-8-20(17)28)21(29-10-2-3-11-29)15-27-22(30)18-5-4-6-19(14-18)23(24,25)26/h4-8,13-14,21H,2-3,9-12,15H2,1H3,(H,27,30)/t21-/m1/s1. The molecule has 0 spiro atoms. The van der Waals surface area contributed by atoms with Crippen LogP contribution in [0.5, 0.6) is 0 Å². The third kappa shape index (κ3) is 4.31. The molecule has 1 fully saturated rings. The Morgan fingerprint density at radius 2 is 1.87 bits per heavy atom. The Labute approximate surface area is 174 Å². The van der Waals surface area contributed by atoms with Gasteiger partial charge in [0.15, 0.2) is 0 Å². The Kier molecular flexibility index (Phi) is 5.73. The molecule has 0 aliphatic carbocycles. The summed E-state index contributed by atoms with van der Waals surface area (Å²) in [5, 5.41) is 2.87. The zero-order valence-corrected chi connectivity index (χ0v) is 17.0. The number of likely N-dealkylation sites (tertiary alicyclic amines) is 1. The quantitative estimate of drug-likeness (QED) is 0.790. The molecule has 4 rings (SSSR count). The van der Waals surface area contributed by atoms with Crippen molar-refractivity contribution in [1.82, 2.24) is 10.2 Å². The molecule has 0 unspecified atom stereocenters. The molecule has 1 N–H and O–H groups in total. The number of rotatable bonds is 5. The van der Waals surface area contributed by atoms with Crippen molar-refractivity contribution in [1.29, 1.82) is 0 Å². The summed E-state index contributed by atoms with van der Waals surface area (Å²) >= 11 is 0. The molecule has 0 saturated carbocycles. The molecule has 0 aromatic heterocycles. The molecule has 1 atom stereocenters. The van der Waals surface area contributed by atoms with Gasteiger partial charge < -0.3 is 10.2 Å². The zero-order valence-electron chi connectivity index (χ0n) is 17.0. The highest BCUT2D eigenvalue weighted by Gasteiger charge is 2.31. The molecule has 2 heterocycles. The third-order valence-corrected chi connectivity index (χ3v) is 6.11. The Morgan fingerprint density at radius 3 is 2.60 bits per heavy atom. The largest absolute Gasteiger partial charge is 0.416 e. The third-order valence-electron chi connectivity index (χ3n) is 6.11. The summed E-state index contributed by atoms with van der Waals surface area (Å²) in [6, 6.07) is 11.1. The lowest BCUT2D eigenvalue weighted by molar-refractivity contribution is -0.137. The summed E-state index contributed by atoms with van der Waals surface area (Å²) in [6.45, 7) is 3.28. The van der Waals surface area contributed by atoms with E-state index >= 15 is 0 Å². The van der Waals surface area contributed by atoms with E-state index in [1.807, 2.05) is 0 Å². The number of amides is 1. The minimum absolute atomic E-state index is 0.0125. The highest BCUT2D eigenvalue weighted by Crippen LogP contribution is 2.32. The molecule has 0 bridgehead atoms. The van der Waals surface area contributed by atoms with Crippen molar-refractivity contribution in [2.45, 2.75) is 31.5 Å². The number of halogens is 3. The number of likely N-dealkylation sites (N-methyl/N-ethyl adjacent to an activating group) is 1. The van der Waals surface area contributed by atoms with Crippen molar-refractivity contribution in [3.05, 3.63) is 64.7 Å². The fourth-order valence-electron chi connectivity index (χ4n) is 4.43. The van der Waals surface area contributed by atoms with E-state index in [0.29, 0.717) is 6.54 Å². The van der Waals surface area contributed by atoms with E-state index in [4.69, 9.17) is 0 Å². The maximum atomic E-state index is 13.0. The Bertz CT molecular complexity index is 922. The van der Waals surface area contributed by atoms with Crippen LogP contribution in [0.3, 0.4) is 0 Å². The van der Waals surface area contributed by atoms with E-state index in [1.165, 1.54) is 23.4 Å². The molecular weight excluding hydrogens is 391 g/mol. The molecule has 2 aliphatic rings. The van der Waals surface area contributed by atoms with Gasteiger partial charge in [0.25, 0.3) is 5.91 Å². The van der Waals surface area contributed by atoms with E-state index in [0.717, 1.165) is 56.6 Å². The van der Waals surface area contributed by atoms with E-state index < -0.39 is 17.6 Å². The Morgan fingerprint density at radius 1 is 1.10 bits per heavy atom. The average Bonchev–Trinajstić information content (AvgIpc) is 3.38. The summed E-state index contributed by atoms with van der Waals surface area (Å²) < 4.78 is 38.9. The van der Waals surface area contributed by atoms with Crippen LogP contribution in [0.4, 0.5) is 18.9 Å². The van der Waals surface area contributed by atoms with Crippen LogP contribution in [0.25, 0.3) is 0 Å². The number of nitrogens with zero attached hydrogens (tertiary/aromatic N) is 2. The number of hydrogen-bond acceptors (Lipinski definition) is 3. The van der Waals surface area contributed by atoms with Gasteiger partial charge in [-0.05, 0) is 67.7 Å². The number of anilines is 1. The second-order valence-electron chi connectivity index (χ2n) is 8.11. The predicted octanol–water partition coefficient (Wildman–Crippen LogP) is 4.26. The van der Waals surface area contributed by atoms with Crippen molar-refractivity contribution >= 4 is 11.6 Å². The number of fused-ring (bicyclic) bond motifs is 1. The maximum Gasteiger partial charge on any atom is 0.416 e. The van der Waals surface area contributed by atoms with Crippen molar-refractivity contribution in [2.24, 2.45) is 0 Å². The lowest BCUT2D eigenvalue weighted by atomic mass is 10.0. The Balaban J connectivity index is 1.52. The van der Waals surface area contributed by atoms with E-state index in [9.17, 15) is 18.0 Å². The number of benzene rings is 2. The van der Waals surface area contributed by atoms with Crippen molar-refractivity contribution < 1.29 is 18.0 Å². The van der Waals surface area contributed by atoms with Crippen LogP contribution in [-0.2, 0) is 12.6 Å². The van der Waals surface area contributed by atoms with Gasteiger partial charge in [0.2, 0.25) is 0 Å². The van der Waals surface area contributed by atoms with Gasteiger partial charge in [0.1, 0.15) is 0 Å². The average molecular weight is 417 g/mol. The summed E-state index contributed by atoms with van der Waals surface area (Å²) in [4.78, 5) is 17.2. The highest BCUT2D eigenvalue weighted by atomic mass is 19.4. The minimum Gasteiger partial charge on any atom is -0.374 e. The van der Waals surface area contributed by atoms with Crippen LogP contribution >= 0.6 is 0 Å². The van der Waals surface area contributed by atoms with Crippen LogP contribution in [0.1, 0.15) is 45.9 Å².